The van der Waals surface area contributed by atoms with E-state index < -0.39 is 97.5 Å². The molecule has 98 heavy (non-hydrogen) atoms. The van der Waals surface area contributed by atoms with Gasteiger partial charge in [0.15, 0.2) is 12.2 Å². The van der Waals surface area contributed by atoms with Crippen LogP contribution in [-0.4, -0.2) is 96.7 Å². The molecule has 0 aromatic rings. The van der Waals surface area contributed by atoms with Crippen molar-refractivity contribution in [1.29, 1.82) is 0 Å². The quantitative estimate of drug-likeness (QED) is 0.0169. The molecule has 0 amide bonds. The highest BCUT2D eigenvalue weighted by atomic mass is 31.2. The molecule has 19 heteroatoms. The lowest BCUT2D eigenvalue weighted by Crippen LogP contribution is -2.30. The molecule has 2 unspecified atom stereocenters. The Kier molecular flexibility index (Phi) is 71.0. The second kappa shape index (κ2) is 72.9. The molecule has 0 aliphatic heterocycles. The highest BCUT2D eigenvalue weighted by molar-refractivity contribution is 7.47. The first kappa shape index (κ1) is 95.5. The SMILES string of the molecule is CCCCCC/C=C\C=C/CCCCCCCC(=O)O[C@H](COC(=O)CCCCCCCCCC)COP(=O)(O)OC[C@H](O)COP(=O)(O)OC[C@@H](COC(=O)CCCCCCCCCCCCCCCCCC)OC(=O)CCCCCCCCCCCCCCCCCCCCC. The van der Waals surface area contributed by atoms with Crippen molar-refractivity contribution in [2.24, 2.45) is 0 Å². The molecule has 578 valence electrons. The number of phosphoric acid groups is 2. The molecule has 0 saturated heterocycles. The molecule has 0 spiro atoms. The molecule has 0 fully saturated rings. The average molecular weight is 1430 g/mol. The van der Waals surface area contributed by atoms with E-state index in [1.165, 1.54) is 212 Å². The van der Waals surface area contributed by atoms with Crippen molar-refractivity contribution in [1.82, 2.24) is 0 Å². The number of unbranched alkanes of at least 4 members (excludes halogenated alkanes) is 49. The van der Waals surface area contributed by atoms with Gasteiger partial charge in [-0.2, -0.15) is 0 Å². The molecule has 0 radical (unpaired) electrons. The maximum absolute atomic E-state index is 13.1. The van der Waals surface area contributed by atoms with Gasteiger partial charge in [0, 0.05) is 25.7 Å². The Bertz CT molecular complexity index is 1950. The number of hydrogen-bond acceptors (Lipinski definition) is 15. The van der Waals surface area contributed by atoms with E-state index in [1.807, 2.05) is 0 Å². The smallest absolute Gasteiger partial charge is 0.462 e. The minimum absolute atomic E-state index is 0.0854. The Morgan fingerprint density at radius 2 is 0.490 bits per heavy atom. The normalized spacial score (nSPS) is 14.0. The first-order valence-corrected chi connectivity index (χ1v) is 43.6. The Balaban J connectivity index is 5.23. The van der Waals surface area contributed by atoms with Crippen LogP contribution in [0.4, 0.5) is 0 Å². The van der Waals surface area contributed by atoms with Crippen LogP contribution < -0.4 is 0 Å². The zero-order valence-electron chi connectivity index (χ0n) is 63.2. The van der Waals surface area contributed by atoms with Gasteiger partial charge in [-0.1, -0.05) is 347 Å². The summed E-state index contributed by atoms with van der Waals surface area (Å²) in [6.45, 7) is 4.92. The largest absolute Gasteiger partial charge is 0.472 e. The predicted octanol–water partition coefficient (Wildman–Crippen LogP) is 23.3. The van der Waals surface area contributed by atoms with Crippen LogP contribution in [0.5, 0.6) is 0 Å². The molecule has 0 aliphatic rings. The van der Waals surface area contributed by atoms with Gasteiger partial charge >= 0.3 is 39.5 Å². The monoisotopic (exact) mass is 1430 g/mol. The molecule has 5 atom stereocenters. The molecule has 17 nitrogen and oxygen atoms in total. The van der Waals surface area contributed by atoms with Crippen molar-refractivity contribution in [3.63, 3.8) is 0 Å². The number of rotatable bonds is 78. The van der Waals surface area contributed by atoms with Crippen LogP contribution in [0.25, 0.3) is 0 Å². The molecule has 3 N–H and O–H groups in total. The van der Waals surface area contributed by atoms with E-state index >= 15 is 0 Å². The van der Waals surface area contributed by atoms with Gasteiger partial charge in [0.05, 0.1) is 26.4 Å². The summed E-state index contributed by atoms with van der Waals surface area (Å²) >= 11 is 0. The van der Waals surface area contributed by atoms with E-state index in [1.54, 1.807) is 0 Å². The number of hydrogen-bond donors (Lipinski definition) is 3. The zero-order valence-corrected chi connectivity index (χ0v) is 65.0. The summed E-state index contributed by atoms with van der Waals surface area (Å²) in [7, 11) is -9.92. The topological polar surface area (TPSA) is 237 Å². The molecule has 0 aliphatic carbocycles. The highest BCUT2D eigenvalue weighted by Gasteiger charge is 2.30. The number of ether oxygens (including phenoxy) is 4. The lowest BCUT2D eigenvalue weighted by Gasteiger charge is -2.21. The lowest BCUT2D eigenvalue weighted by molar-refractivity contribution is -0.161. The van der Waals surface area contributed by atoms with Crippen LogP contribution in [0, 0.1) is 0 Å². The third-order valence-electron chi connectivity index (χ3n) is 18.0. The minimum Gasteiger partial charge on any atom is -0.462 e. The molecule has 0 saturated carbocycles. The predicted molar refractivity (Wildman–Crippen MR) is 400 cm³/mol. The molecule has 0 heterocycles. The van der Waals surface area contributed by atoms with Gasteiger partial charge in [-0.15, -0.1) is 0 Å². The first-order chi connectivity index (χ1) is 47.7. The van der Waals surface area contributed by atoms with Crippen LogP contribution in [0.3, 0.4) is 0 Å². The van der Waals surface area contributed by atoms with E-state index in [0.717, 1.165) is 109 Å². The third-order valence-corrected chi connectivity index (χ3v) is 19.9. The van der Waals surface area contributed by atoms with E-state index in [-0.39, 0.29) is 25.7 Å². The molecular weight excluding hydrogens is 1280 g/mol. The summed E-state index contributed by atoms with van der Waals surface area (Å²) in [5.74, 6) is -2.14. The van der Waals surface area contributed by atoms with E-state index in [0.29, 0.717) is 25.7 Å². The number of phosphoric ester groups is 2. The van der Waals surface area contributed by atoms with Gasteiger partial charge in [0.2, 0.25) is 0 Å². The van der Waals surface area contributed by atoms with E-state index in [9.17, 15) is 43.2 Å². The van der Waals surface area contributed by atoms with Crippen LogP contribution in [-0.2, 0) is 65.4 Å². The summed E-state index contributed by atoms with van der Waals surface area (Å²) in [6, 6.07) is 0. The summed E-state index contributed by atoms with van der Waals surface area (Å²) in [5.41, 5.74) is 0. The number of carbonyl (C=O) groups excluding carboxylic acids is 4. The Morgan fingerprint density at radius 1 is 0.286 bits per heavy atom. The van der Waals surface area contributed by atoms with E-state index in [2.05, 4.69) is 52.0 Å². The summed E-state index contributed by atoms with van der Waals surface area (Å²) in [5, 5.41) is 10.6. The Hall–Kier alpha value is -2.46. The van der Waals surface area contributed by atoms with Crippen LogP contribution in [0.15, 0.2) is 24.3 Å². The van der Waals surface area contributed by atoms with Crippen molar-refractivity contribution < 1.29 is 80.2 Å². The van der Waals surface area contributed by atoms with Gasteiger partial charge in [-0.05, 0) is 51.4 Å². The summed E-state index contributed by atoms with van der Waals surface area (Å²) in [6.07, 6.45) is 67.5. The van der Waals surface area contributed by atoms with Crippen molar-refractivity contribution in [3.05, 3.63) is 24.3 Å². The number of carbonyl (C=O) groups is 4. The van der Waals surface area contributed by atoms with Crippen LogP contribution in [0.1, 0.15) is 400 Å². The van der Waals surface area contributed by atoms with Gasteiger partial charge in [0.1, 0.15) is 19.3 Å². The number of esters is 4. The van der Waals surface area contributed by atoms with Gasteiger partial charge in [0.25, 0.3) is 0 Å². The molecule has 0 bridgehead atoms. The summed E-state index contributed by atoms with van der Waals surface area (Å²) in [4.78, 5) is 72.8. The van der Waals surface area contributed by atoms with Crippen molar-refractivity contribution >= 4 is 39.5 Å². The van der Waals surface area contributed by atoms with E-state index in [4.69, 9.17) is 37.0 Å². The van der Waals surface area contributed by atoms with Crippen LogP contribution >= 0.6 is 15.6 Å². The fourth-order valence-corrected chi connectivity index (χ4v) is 13.3. The second-order valence-electron chi connectivity index (χ2n) is 27.8. The Morgan fingerprint density at radius 3 is 0.745 bits per heavy atom. The average Bonchev–Trinajstić information content (AvgIpc) is 1.03. The first-order valence-electron chi connectivity index (χ1n) is 40.6. The summed E-state index contributed by atoms with van der Waals surface area (Å²) < 4.78 is 68.5. The fourth-order valence-electron chi connectivity index (χ4n) is 11.7. The highest BCUT2D eigenvalue weighted by Crippen LogP contribution is 2.45. The van der Waals surface area contributed by atoms with Crippen LogP contribution in [0.2, 0.25) is 0 Å². The van der Waals surface area contributed by atoms with Crippen molar-refractivity contribution in [3.8, 4) is 0 Å². The lowest BCUT2D eigenvalue weighted by atomic mass is 10.0. The van der Waals surface area contributed by atoms with Gasteiger partial charge < -0.3 is 33.8 Å². The number of aliphatic hydroxyl groups excluding tert-OH is 1. The standard InChI is InChI=1S/C79H150O17P2/c1-5-9-13-17-21-25-28-31-34-36-37-38-41-44-47-50-54-58-62-66-79(84)96-75(70-90-77(82)64-60-56-52-48-45-42-40-35-32-29-26-22-18-14-10-6-2)72-94-98(87,88)92-68-73(80)67-91-97(85,86)93-71-74(69-89-76(81)63-59-55-51-24-20-16-12-8-4)95-78(83)65-61-57-53-49-46-43-39-33-30-27-23-19-15-11-7-3/h27,30,33,39,73-75,80H,5-26,28-29,31-32,34-38,40-72H2,1-4H3,(H,85,86)(H,87,88)/b30-27-,39-33-/t73-,74+,75+/m0/s1. The van der Waals surface area contributed by atoms with Gasteiger partial charge in [-0.3, -0.25) is 37.3 Å². The third kappa shape index (κ3) is 71.9. The molecular formula is C79H150O17P2. The molecule has 0 rings (SSSR count). The fraction of sp³-hybridized carbons (Fsp3) is 0.899. The zero-order chi connectivity index (χ0) is 71.8. The van der Waals surface area contributed by atoms with Crippen molar-refractivity contribution in [2.45, 2.75) is 418 Å². The maximum atomic E-state index is 13.1. The van der Waals surface area contributed by atoms with Crippen molar-refractivity contribution in [2.75, 3.05) is 39.6 Å². The van der Waals surface area contributed by atoms with Gasteiger partial charge in [-0.25, -0.2) is 9.13 Å². The Labute approximate surface area is 599 Å². The molecule has 0 aromatic carbocycles. The minimum atomic E-state index is -4.96. The second-order valence-corrected chi connectivity index (χ2v) is 30.7. The maximum Gasteiger partial charge on any atom is 0.472 e. The number of allylic oxidation sites excluding steroid dienone is 4. The number of aliphatic hydroxyl groups is 1. The molecule has 0 aromatic heterocycles.